The van der Waals surface area contributed by atoms with Crippen LogP contribution in [0.25, 0.3) is 0 Å². The zero-order valence-electron chi connectivity index (χ0n) is 57.0. The molecule has 0 aliphatic heterocycles. The molecule has 0 saturated carbocycles. The lowest BCUT2D eigenvalue weighted by Gasteiger charge is -2.21. The van der Waals surface area contributed by atoms with Crippen LogP contribution in [-0.4, -0.2) is 96.7 Å². The van der Waals surface area contributed by atoms with E-state index in [4.69, 9.17) is 37.0 Å². The molecule has 0 amide bonds. The first-order valence-corrected chi connectivity index (χ1v) is 39.0. The first kappa shape index (κ1) is 86.1. The third-order valence-electron chi connectivity index (χ3n) is 16.0. The van der Waals surface area contributed by atoms with Crippen molar-refractivity contribution < 1.29 is 80.2 Å². The summed E-state index contributed by atoms with van der Waals surface area (Å²) in [5.74, 6) is -0.654. The third-order valence-corrected chi connectivity index (χ3v) is 17.9. The molecule has 0 saturated heterocycles. The molecule has 0 rings (SSSR count). The van der Waals surface area contributed by atoms with Crippen LogP contribution in [-0.2, 0) is 65.4 Å². The molecular formula is C69H134O17P2. The number of carbonyl (C=O) groups excluding carboxylic acids is 4. The lowest BCUT2D eigenvalue weighted by molar-refractivity contribution is -0.161. The van der Waals surface area contributed by atoms with Crippen LogP contribution in [0.15, 0.2) is 0 Å². The minimum atomic E-state index is -4.95. The van der Waals surface area contributed by atoms with Gasteiger partial charge in [0, 0.05) is 25.7 Å². The molecule has 5 atom stereocenters. The number of hydrogen-bond acceptors (Lipinski definition) is 15. The number of aliphatic hydroxyl groups is 1. The predicted octanol–water partition coefficient (Wildman–Crippen LogP) is 19.6. The maximum atomic E-state index is 13.0. The average molecular weight is 1300 g/mol. The van der Waals surface area contributed by atoms with E-state index >= 15 is 0 Å². The Balaban J connectivity index is 5.20. The maximum absolute atomic E-state index is 13.0. The van der Waals surface area contributed by atoms with Crippen LogP contribution in [0.5, 0.6) is 0 Å². The summed E-state index contributed by atoms with van der Waals surface area (Å²) in [5, 5.41) is 10.6. The highest BCUT2D eigenvalue weighted by Crippen LogP contribution is 2.45. The quantitative estimate of drug-likeness (QED) is 0.0222. The monoisotopic (exact) mass is 1300 g/mol. The van der Waals surface area contributed by atoms with Gasteiger partial charge in [0.25, 0.3) is 0 Å². The summed E-state index contributed by atoms with van der Waals surface area (Å²) >= 11 is 0. The second-order valence-electron chi connectivity index (χ2n) is 25.9. The molecule has 0 aliphatic rings. The fourth-order valence-corrected chi connectivity index (χ4v) is 12.0. The Morgan fingerprint density at radius 3 is 0.773 bits per heavy atom. The molecule has 0 aromatic heterocycles. The number of carbonyl (C=O) groups is 4. The van der Waals surface area contributed by atoms with Gasteiger partial charge in [-0.15, -0.1) is 0 Å². The van der Waals surface area contributed by atoms with E-state index in [1.165, 1.54) is 154 Å². The van der Waals surface area contributed by atoms with Crippen LogP contribution >= 0.6 is 15.6 Å². The number of hydrogen-bond donors (Lipinski definition) is 3. The van der Waals surface area contributed by atoms with Crippen molar-refractivity contribution >= 4 is 39.5 Å². The van der Waals surface area contributed by atoms with Crippen molar-refractivity contribution in [3.63, 3.8) is 0 Å². The Kier molecular flexibility index (Phi) is 59.9. The predicted molar refractivity (Wildman–Crippen MR) is 354 cm³/mol. The highest BCUT2D eigenvalue weighted by Gasteiger charge is 2.30. The Labute approximate surface area is 537 Å². The minimum Gasteiger partial charge on any atom is -0.462 e. The number of aliphatic hydroxyl groups excluding tert-OH is 1. The first-order chi connectivity index (χ1) is 42.4. The standard InChI is InChI=1S/C69H134O17P2/c1-7-9-11-13-15-16-17-18-19-20-21-22-23-28-35-41-47-53-68(73)85-65(58-80-67(72)52-46-40-34-27-25-24-26-32-37-43-49-61(3)4)60-84-88(77,78)82-56-63(70)55-81-87(75,76)83-59-64(57-79-66(71)51-45-39-31-14-12-10-8-2)86-69(74)54-48-42-36-30-29-33-38-44-50-62(5)6/h61-65,70H,7-60H2,1-6H3,(H,75,76)(H,77,78)/t63-,64+,65+/m0/s1. The van der Waals surface area contributed by atoms with Crippen LogP contribution < -0.4 is 0 Å². The molecule has 0 radical (unpaired) electrons. The molecule has 88 heavy (non-hydrogen) atoms. The molecule has 0 fully saturated rings. The van der Waals surface area contributed by atoms with Gasteiger partial charge in [0.2, 0.25) is 0 Å². The summed E-state index contributed by atoms with van der Waals surface area (Å²) < 4.78 is 68.1. The highest BCUT2D eigenvalue weighted by molar-refractivity contribution is 7.47. The van der Waals surface area contributed by atoms with Crippen LogP contribution in [0, 0.1) is 11.8 Å². The molecule has 0 heterocycles. The first-order valence-electron chi connectivity index (χ1n) is 36.0. The van der Waals surface area contributed by atoms with Gasteiger partial charge in [-0.1, -0.05) is 298 Å². The Morgan fingerprint density at radius 2 is 0.523 bits per heavy atom. The summed E-state index contributed by atoms with van der Waals surface area (Å²) in [5.41, 5.74) is 0. The molecule has 2 unspecified atom stereocenters. The van der Waals surface area contributed by atoms with E-state index in [1.807, 2.05) is 0 Å². The lowest BCUT2D eigenvalue weighted by Crippen LogP contribution is -2.30. The van der Waals surface area contributed by atoms with E-state index in [0.29, 0.717) is 25.7 Å². The van der Waals surface area contributed by atoms with E-state index in [2.05, 4.69) is 41.5 Å². The van der Waals surface area contributed by atoms with Crippen molar-refractivity contribution in [3.05, 3.63) is 0 Å². The summed E-state index contributed by atoms with van der Waals surface area (Å²) in [6.07, 6.45) is 46.0. The summed E-state index contributed by atoms with van der Waals surface area (Å²) in [4.78, 5) is 72.4. The molecule has 17 nitrogen and oxygen atoms in total. The van der Waals surface area contributed by atoms with Gasteiger partial charge < -0.3 is 33.8 Å². The number of ether oxygens (including phenoxy) is 4. The number of phosphoric ester groups is 2. The van der Waals surface area contributed by atoms with Gasteiger partial charge in [-0.05, 0) is 37.5 Å². The molecule has 0 aromatic rings. The van der Waals surface area contributed by atoms with Gasteiger partial charge in [-0.25, -0.2) is 9.13 Å². The second-order valence-corrected chi connectivity index (χ2v) is 28.8. The smallest absolute Gasteiger partial charge is 0.462 e. The third kappa shape index (κ3) is 62.8. The lowest BCUT2D eigenvalue weighted by atomic mass is 10.0. The van der Waals surface area contributed by atoms with Crippen LogP contribution in [0.1, 0.15) is 350 Å². The van der Waals surface area contributed by atoms with Crippen LogP contribution in [0.3, 0.4) is 0 Å². The normalized spacial score (nSPS) is 14.2. The summed E-state index contributed by atoms with van der Waals surface area (Å²) in [6, 6.07) is 0. The van der Waals surface area contributed by atoms with Crippen molar-refractivity contribution in [2.45, 2.75) is 368 Å². The van der Waals surface area contributed by atoms with Gasteiger partial charge in [0.1, 0.15) is 19.3 Å². The molecule has 0 bridgehead atoms. The summed E-state index contributed by atoms with van der Waals surface area (Å²) in [7, 11) is -9.89. The maximum Gasteiger partial charge on any atom is 0.472 e. The molecule has 0 spiro atoms. The van der Waals surface area contributed by atoms with Gasteiger partial charge in [-0.3, -0.25) is 37.3 Å². The zero-order chi connectivity index (χ0) is 65.0. The van der Waals surface area contributed by atoms with E-state index in [9.17, 15) is 43.2 Å². The van der Waals surface area contributed by atoms with Crippen LogP contribution in [0.2, 0.25) is 0 Å². The highest BCUT2D eigenvalue weighted by atomic mass is 31.2. The minimum absolute atomic E-state index is 0.104. The van der Waals surface area contributed by atoms with E-state index in [0.717, 1.165) is 115 Å². The molecular weight excluding hydrogens is 1160 g/mol. The van der Waals surface area contributed by atoms with Crippen molar-refractivity contribution in [2.75, 3.05) is 39.6 Å². The van der Waals surface area contributed by atoms with Crippen LogP contribution in [0.4, 0.5) is 0 Å². The van der Waals surface area contributed by atoms with E-state index in [-0.39, 0.29) is 25.7 Å². The van der Waals surface area contributed by atoms with Crippen molar-refractivity contribution in [1.29, 1.82) is 0 Å². The molecule has 19 heteroatoms. The summed E-state index contributed by atoms with van der Waals surface area (Å²) in [6.45, 7) is 9.45. The fraction of sp³-hybridized carbons (Fsp3) is 0.942. The fourth-order valence-electron chi connectivity index (χ4n) is 10.4. The second kappa shape index (κ2) is 61.3. The van der Waals surface area contributed by atoms with E-state index < -0.39 is 97.5 Å². The molecule has 0 aromatic carbocycles. The van der Waals surface area contributed by atoms with Gasteiger partial charge in [0.15, 0.2) is 12.2 Å². The van der Waals surface area contributed by atoms with Crippen molar-refractivity contribution in [1.82, 2.24) is 0 Å². The van der Waals surface area contributed by atoms with Gasteiger partial charge in [0.05, 0.1) is 26.4 Å². The molecule has 0 aliphatic carbocycles. The van der Waals surface area contributed by atoms with Crippen molar-refractivity contribution in [2.24, 2.45) is 11.8 Å². The van der Waals surface area contributed by atoms with Crippen molar-refractivity contribution in [3.8, 4) is 0 Å². The molecule has 3 N–H and O–H groups in total. The molecule has 522 valence electrons. The topological polar surface area (TPSA) is 237 Å². The van der Waals surface area contributed by atoms with Gasteiger partial charge >= 0.3 is 39.5 Å². The van der Waals surface area contributed by atoms with E-state index in [1.54, 1.807) is 0 Å². The SMILES string of the molecule is CCCCCCCCCCCCCCCCCCCC(=O)O[C@H](COC(=O)CCCCCCCCCCCCC(C)C)COP(=O)(O)OC[C@@H](O)COP(=O)(O)OC[C@@H](COC(=O)CCCCCCCCC)OC(=O)CCCCCCCCCCC(C)C. The Bertz CT molecular complexity index is 1720. The Hall–Kier alpha value is -1.94. The number of rotatable bonds is 68. The largest absolute Gasteiger partial charge is 0.472 e. The Morgan fingerprint density at radius 1 is 0.307 bits per heavy atom. The number of unbranched alkanes of at least 4 members (excludes halogenated alkanes) is 38. The number of esters is 4. The zero-order valence-corrected chi connectivity index (χ0v) is 58.8. The number of phosphoric acid groups is 2. The van der Waals surface area contributed by atoms with Gasteiger partial charge in [-0.2, -0.15) is 0 Å². The average Bonchev–Trinajstić information content (AvgIpc) is 3.52.